The van der Waals surface area contributed by atoms with Gasteiger partial charge in [0.2, 0.25) is 5.91 Å². The van der Waals surface area contributed by atoms with Gasteiger partial charge in [0.1, 0.15) is 0 Å². The summed E-state index contributed by atoms with van der Waals surface area (Å²) in [6, 6.07) is -0.258. The predicted octanol–water partition coefficient (Wildman–Crippen LogP) is 1.04. The molecule has 1 fully saturated rings. The lowest BCUT2D eigenvalue weighted by atomic mass is 10.0. The Morgan fingerprint density at radius 2 is 1.80 bits per heavy atom. The highest BCUT2D eigenvalue weighted by atomic mass is 35.5. The lowest BCUT2D eigenvalue weighted by Crippen LogP contribution is -2.50. The SMILES string of the molecule is CC(C)C[C@H](N)C(=O)NC(C)CN1CCOCC1.Cl.Cl. The van der Waals surface area contributed by atoms with Gasteiger partial charge in [0.15, 0.2) is 0 Å². The Kier molecular flexibility index (Phi) is 12.9. The third kappa shape index (κ3) is 8.97. The summed E-state index contributed by atoms with van der Waals surface area (Å²) in [4.78, 5) is 14.2. The first-order chi connectivity index (χ1) is 8.49. The number of rotatable bonds is 6. The van der Waals surface area contributed by atoms with Crippen LogP contribution in [0.3, 0.4) is 0 Å². The standard InChI is InChI=1S/C13H27N3O2.2ClH/c1-10(2)8-12(14)13(17)15-11(3)9-16-4-6-18-7-5-16;;/h10-12H,4-9,14H2,1-3H3,(H,15,17);2*1H/t11?,12-;;/m0../s1. The molecule has 1 rings (SSSR count). The van der Waals surface area contributed by atoms with E-state index >= 15 is 0 Å². The number of carbonyl (C=O) groups excluding carboxylic acids is 1. The van der Waals surface area contributed by atoms with Gasteiger partial charge in [0.25, 0.3) is 0 Å². The van der Waals surface area contributed by atoms with Crippen molar-refractivity contribution in [3.05, 3.63) is 0 Å². The molecule has 0 aromatic carbocycles. The summed E-state index contributed by atoms with van der Waals surface area (Å²) in [6.07, 6.45) is 0.732. The van der Waals surface area contributed by atoms with E-state index in [4.69, 9.17) is 10.5 Å². The van der Waals surface area contributed by atoms with E-state index in [1.807, 2.05) is 6.92 Å². The number of hydrogen-bond acceptors (Lipinski definition) is 4. The van der Waals surface area contributed by atoms with Gasteiger partial charge in [-0.05, 0) is 19.3 Å². The van der Waals surface area contributed by atoms with Crippen LogP contribution in [-0.2, 0) is 9.53 Å². The van der Waals surface area contributed by atoms with Crippen LogP contribution < -0.4 is 11.1 Å². The van der Waals surface area contributed by atoms with Gasteiger partial charge >= 0.3 is 0 Å². The van der Waals surface area contributed by atoms with Gasteiger partial charge < -0.3 is 15.8 Å². The van der Waals surface area contributed by atoms with Gasteiger partial charge in [0.05, 0.1) is 19.3 Å². The molecular formula is C13H29Cl2N3O2. The smallest absolute Gasteiger partial charge is 0.237 e. The first-order valence-electron chi connectivity index (χ1n) is 6.85. The fraction of sp³-hybridized carbons (Fsp3) is 0.923. The maximum absolute atomic E-state index is 11.9. The Balaban J connectivity index is 0. The van der Waals surface area contributed by atoms with Crippen LogP contribution in [0.25, 0.3) is 0 Å². The summed E-state index contributed by atoms with van der Waals surface area (Å²) < 4.78 is 5.30. The van der Waals surface area contributed by atoms with Gasteiger partial charge in [-0.1, -0.05) is 13.8 Å². The van der Waals surface area contributed by atoms with Gasteiger partial charge in [-0.15, -0.1) is 24.8 Å². The molecule has 122 valence electrons. The van der Waals surface area contributed by atoms with Crippen molar-refractivity contribution in [1.29, 1.82) is 0 Å². The third-order valence-electron chi connectivity index (χ3n) is 3.09. The van der Waals surface area contributed by atoms with E-state index in [1.165, 1.54) is 0 Å². The molecule has 1 amide bonds. The Morgan fingerprint density at radius 3 is 2.30 bits per heavy atom. The molecule has 0 spiro atoms. The predicted molar refractivity (Wildman–Crippen MR) is 86.8 cm³/mol. The highest BCUT2D eigenvalue weighted by Gasteiger charge is 2.19. The zero-order valence-electron chi connectivity index (χ0n) is 12.6. The van der Waals surface area contributed by atoms with Crippen LogP contribution >= 0.6 is 24.8 Å². The Hall–Kier alpha value is -0.0700. The number of nitrogens with two attached hydrogens (primary N) is 1. The lowest BCUT2D eigenvalue weighted by Gasteiger charge is -2.29. The van der Waals surface area contributed by atoms with Gasteiger partial charge in [0, 0.05) is 25.7 Å². The van der Waals surface area contributed by atoms with Crippen molar-refractivity contribution in [2.24, 2.45) is 11.7 Å². The van der Waals surface area contributed by atoms with E-state index in [9.17, 15) is 4.79 Å². The van der Waals surface area contributed by atoms with E-state index < -0.39 is 6.04 Å². The zero-order valence-corrected chi connectivity index (χ0v) is 14.3. The molecule has 0 bridgehead atoms. The lowest BCUT2D eigenvalue weighted by molar-refractivity contribution is -0.123. The van der Waals surface area contributed by atoms with Crippen LogP contribution in [0.4, 0.5) is 0 Å². The molecule has 2 atom stereocenters. The molecule has 3 N–H and O–H groups in total. The van der Waals surface area contributed by atoms with Crippen LogP contribution in [-0.4, -0.2) is 55.7 Å². The normalized spacial score (nSPS) is 18.6. The van der Waals surface area contributed by atoms with E-state index in [1.54, 1.807) is 0 Å². The Bertz CT molecular complexity index is 262. The maximum atomic E-state index is 11.9. The molecule has 0 aliphatic carbocycles. The molecule has 5 nitrogen and oxygen atoms in total. The number of morpholine rings is 1. The fourth-order valence-electron chi connectivity index (χ4n) is 2.18. The van der Waals surface area contributed by atoms with Gasteiger partial charge in [-0.3, -0.25) is 9.69 Å². The van der Waals surface area contributed by atoms with Crippen molar-refractivity contribution < 1.29 is 9.53 Å². The second-order valence-corrected chi connectivity index (χ2v) is 5.56. The molecule has 1 heterocycles. The van der Waals surface area contributed by atoms with Crippen LogP contribution in [0, 0.1) is 5.92 Å². The number of nitrogens with zero attached hydrogens (tertiary/aromatic N) is 1. The summed E-state index contributed by atoms with van der Waals surface area (Å²) in [5.74, 6) is 0.407. The minimum Gasteiger partial charge on any atom is -0.379 e. The fourth-order valence-corrected chi connectivity index (χ4v) is 2.18. The molecule has 1 aliphatic rings. The van der Waals surface area contributed by atoms with Crippen molar-refractivity contribution >= 4 is 30.7 Å². The minimum absolute atomic E-state index is 0. The van der Waals surface area contributed by atoms with E-state index in [0.29, 0.717) is 5.92 Å². The van der Waals surface area contributed by atoms with E-state index in [0.717, 1.165) is 39.3 Å². The first kappa shape index (κ1) is 22.2. The topological polar surface area (TPSA) is 67.6 Å². The average Bonchev–Trinajstić information content (AvgIpc) is 2.29. The zero-order chi connectivity index (χ0) is 13.5. The number of nitrogens with one attached hydrogen (secondary N) is 1. The van der Waals surface area contributed by atoms with Crippen LogP contribution in [0.2, 0.25) is 0 Å². The monoisotopic (exact) mass is 329 g/mol. The Morgan fingerprint density at radius 1 is 1.25 bits per heavy atom. The number of halogens is 2. The summed E-state index contributed by atoms with van der Waals surface area (Å²) in [5, 5.41) is 2.99. The number of amides is 1. The molecule has 1 saturated heterocycles. The van der Waals surface area contributed by atoms with Crippen molar-refractivity contribution in [2.45, 2.75) is 39.3 Å². The quantitative estimate of drug-likeness (QED) is 0.764. The van der Waals surface area contributed by atoms with Crippen molar-refractivity contribution in [1.82, 2.24) is 10.2 Å². The average molecular weight is 330 g/mol. The number of ether oxygens (including phenoxy) is 1. The van der Waals surface area contributed by atoms with Crippen molar-refractivity contribution in [3.63, 3.8) is 0 Å². The highest BCUT2D eigenvalue weighted by Crippen LogP contribution is 2.03. The van der Waals surface area contributed by atoms with E-state index in [-0.39, 0.29) is 36.8 Å². The largest absolute Gasteiger partial charge is 0.379 e. The number of hydrogen-bond donors (Lipinski definition) is 2. The van der Waals surface area contributed by atoms with Crippen molar-refractivity contribution in [2.75, 3.05) is 32.8 Å². The van der Waals surface area contributed by atoms with Crippen LogP contribution in [0.1, 0.15) is 27.2 Å². The summed E-state index contributed by atoms with van der Waals surface area (Å²) in [6.45, 7) is 10.5. The number of carbonyl (C=O) groups is 1. The highest BCUT2D eigenvalue weighted by molar-refractivity contribution is 5.85. The maximum Gasteiger partial charge on any atom is 0.237 e. The molecule has 0 aromatic heterocycles. The second-order valence-electron chi connectivity index (χ2n) is 5.56. The second kappa shape index (κ2) is 11.6. The van der Waals surface area contributed by atoms with Crippen LogP contribution in [0.5, 0.6) is 0 Å². The molecule has 1 aliphatic heterocycles. The summed E-state index contributed by atoms with van der Waals surface area (Å²) in [7, 11) is 0. The molecule has 0 radical (unpaired) electrons. The van der Waals surface area contributed by atoms with Crippen LogP contribution in [0.15, 0.2) is 0 Å². The van der Waals surface area contributed by atoms with Gasteiger partial charge in [-0.25, -0.2) is 0 Å². The summed E-state index contributed by atoms with van der Waals surface area (Å²) in [5.41, 5.74) is 5.85. The molecule has 7 heteroatoms. The molecule has 1 unspecified atom stereocenters. The molecular weight excluding hydrogens is 301 g/mol. The van der Waals surface area contributed by atoms with Gasteiger partial charge in [-0.2, -0.15) is 0 Å². The first-order valence-corrected chi connectivity index (χ1v) is 6.85. The summed E-state index contributed by atoms with van der Waals surface area (Å²) >= 11 is 0. The van der Waals surface area contributed by atoms with Crippen molar-refractivity contribution in [3.8, 4) is 0 Å². The third-order valence-corrected chi connectivity index (χ3v) is 3.09. The Labute approximate surface area is 134 Å². The minimum atomic E-state index is -0.392. The molecule has 20 heavy (non-hydrogen) atoms. The molecule has 0 aromatic rings. The molecule has 0 saturated carbocycles. The van der Waals surface area contributed by atoms with E-state index in [2.05, 4.69) is 24.1 Å².